The van der Waals surface area contributed by atoms with Crippen LogP contribution in [0.1, 0.15) is 70.6 Å². The summed E-state index contributed by atoms with van der Waals surface area (Å²) in [6.07, 6.45) is -0.943. The molecule has 0 amide bonds. The van der Waals surface area contributed by atoms with Crippen LogP contribution in [0.4, 0.5) is 13.2 Å². The Morgan fingerprint density at radius 3 is 1.81 bits per heavy atom. The van der Waals surface area contributed by atoms with Gasteiger partial charge in [0.05, 0.1) is 7.11 Å². The van der Waals surface area contributed by atoms with Crippen LogP contribution >= 0.6 is 0 Å². The maximum atomic E-state index is 13.3. The fourth-order valence-corrected chi connectivity index (χ4v) is 2.36. The molecule has 0 bridgehead atoms. The Bertz CT molecular complexity index is 549. The molecule has 1 fully saturated rings. The predicted octanol–water partition coefficient (Wildman–Crippen LogP) is 7.11. The first-order valence-electron chi connectivity index (χ1n) is 9.56. The third-order valence-corrected chi connectivity index (χ3v) is 3.83. The normalized spacial score (nSPS) is 14.8. The first kappa shape index (κ1) is 27.7. The molecule has 2 nitrogen and oxygen atoms in total. The topological polar surface area (TPSA) is 29.5 Å². The van der Waals surface area contributed by atoms with E-state index in [1.54, 1.807) is 26.0 Å². The summed E-state index contributed by atoms with van der Waals surface area (Å²) in [6.45, 7) is 17.0. The monoisotopic (exact) mass is 390 g/mol. The number of aryl methyl sites for hydroxylation is 2. The smallest absolute Gasteiger partial charge is 0.421 e. The summed E-state index contributed by atoms with van der Waals surface area (Å²) in [5.41, 5.74) is -1.44. The van der Waals surface area contributed by atoms with Gasteiger partial charge in [0.2, 0.25) is 0 Å². The largest absolute Gasteiger partial charge is 0.496 e. The minimum atomic E-state index is -4.71. The van der Waals surface area contributed by atoms with Crippen molar-refractivity contribution in [3.63, 3.8) is 0 Å². The molecule has 0 aromatic heterocycles. The molecule has 1 atom stereocenters. The van der Waals surface area contributed by atoms with Crippen molar-refractivity contribution in [3.8, 4) is 5.75 Å². The van der Waals surface area contributed by atoms with E-state index in [1.165, 1.54) is 19.6 Å². The maximum absolute atomic E-state index is 13.3. The van der Waals surface area contributed by atoms with E-state index in [1.807, 2.05) is 20.8 Å². The van der Waals surface area contributed by atoms with Crippen molar-refractivity contribution in [3.05, 3.63) is 41.5 Å². The molecule has 5 heteroatoms. The van der Waals surface area contributed by atoms with Gasteiger partial charge in [0.15, 0.2) is 5.60 Å². The molecule has 1 unspecified atom stereocenters. The van der Waals surface area contributed by atoms with Crippen LogP contribution in [-0.4, -0.2) is 18.4 Å². The van der Waals surface area contributed by atoms with Gasteiger partial charge >= 0.3 is 6.18 Å². The highest BCUT2D eigenvalue weighted by atomic mass is 19.4. The predicted molar refractivity (Wildman–Crippen MR) is 108 cm³/mol. The molecule has 158 valence electrons. The zero-order chi connectivity index (χ0) is 21.8. The second kappa shape index (κ2) is 12.8. The van der Waals surface area contributed by atoms with Gasteiger partial charge in [-0.1, -0.05) is 40.2 Å². The molecule has 0 aliphatic heterocycles. The van der Waals surface area contributed by atoms with Crippen LogP contribution in [0.2, 0.25) is 0 Å². The number of aliphatic hydroxyl groups is 1. The van der Waals surface area contributed by atoms with E-state index in [4.69, 9.17) is 4.74 Å². The molecule has 1 aromatic rings. The van der Waals surface area contributed by atoms with E-state index in [0.29, 0.717) is 18.4 Å². The summed E-state index contributed by atoms with van der Waals surface area (Å²) in [6, 6.07) is 2.93. The third kappa shape index (κ3) is 7.57. The van der Waals surface area contributed by atoms with E-state index in [9.17, 15) is 18.3 Å². The van der Waals surface area contributed by atoms with Crippen molar-refractivity contribution in [2.75, 3.05) is 7.11 Å². The number of alkyl halides is 3. The summed E-state index contributed by atoms with van der Waals surface area (Å²) in [5, 5.41) is 10.3. The van der Waals surface area contributed by atoms with Crippen LogP contribution in [0.25, 0.3) is 0 Å². The minimum Gasteiger partial charge on any atom is -0.496 e. The quantitative estimate of drug-likeness (QED) is 0.557. The van der Waals surface area contributed by atoms with Crippen LogP contribution in [0.5, 0.6) is 5.75 Å². The molecule has 1 aliphatic carbocycles. The summed E-state index contributed by atoms with van der Waals surface area (Å²) < 4.78 is 45.0. The van der Waals surface area contributed by atoms with E-state index >= 15 is 0 Å². The zero-order valence-corrected chi connectivity index (χ0v) is 18.1. The van der Waals surface area contributed by atoms with Gasteiger partial charge in [-0.05, 0) is 56.9 Å². The standard InChI is InChI=1S/C14H17F3O2.C3H8.C3H6.C2H6/c1-8-6-11(12(19-3)7-9(8)2)13(18,10-4-5-10)14(15,16)17;2*1-3-2;1-2/h6-7,10,18H,4-5H2,1-3H3;3H2,1-2H3;3H,1H2,2H3;1-2H3. The fraction of sp³-hybridized carbons (Fsp3) is 0.636. The van der Waals surface area contributed by atoms with Crippen molar-refractivity contribution in [1.82, 2.24) is 0 Å². The molecule has 0 radical (unpaired) electrons. The Balaban J connectivity index is 0. The molecule has 0 spiro atoms. The second-order valence-electron chi connectivity index (χ2n) is 6.29. The van der Waals surface area contributed by atoms with Crippen molar-refractivity contribution in [1.29, 1.82) is 0 Å². The summed E-state index contributed by atoms with van der Waals surface area (Å²) >= 11 is 0. The van der Waals surface area contributed by atoms with E-state index < -0.39 is 17.7 Å². The lowest BCUT2D eigenvalue weighted by Gasteiger charge is -2.32. The Labute approximate surface area is 163 Å². The molecule has 0 heterocycles. The van der Waals surface area contributed by atoms with Gasteiger partial charge in [-0.2, -0.15) is 13.2 Å². The van der Waals surface area contributed by atoms with E-state index in [0.717, 1.165) is 5.56 Å². The first-order valence-corrected chi connectivity index (χ1v) is 9.56. The molecular weight excluding hydrogens is 353 g/mol. The molecule has 1 aromatic carbocycles. The molecule has 1 N–H and O–H groups in total. The van der Waals surface area contributed by atoms with Gasteiger partial charge in [-0.25, -0.2) is 0 Å². The van der Waals surface area contributed by atoms with Gasteiger partial charge in [0.1, 0.15) is 5.75 Å². The number of hydrogen-bond acceptors (Lipinski definition) is 2. The van der Waals surface area contributed by atoms with Gasteiger partial charge in [-0.15, -0.1) is 6.58 Å². The molecule has 0 saturated heterocycles. The van der Waals surface area contributed by atoms with E-state index in [-0.39, 0.29) is 11.3 Å². The maximum Gasteiger partial charge on any atom is 0.421 e. The Morgan fingerprint density at radius 1 is 1.15 bits per heavy atom. The number of ether oxygens (including phenoxy) is 1. The number of allylic oxidation sites excluding steroid dienone is 1. The Hall–Kier alpha value is -1.49. The second-order valence-corrected chi connectivity index (χ2v) is 6.29. The van der Waals surface area contributed by atoms with Crippen molar-refractivity contribution >= 4 is 0 Å². The summed E-state index contributed by atoms with van der Waals surface area (Å²) in [7, 11) is 1.32. The zero-order valence-electron chi connectivity index (χ0n) is 18.1. The third-order valence-electron chi connectivity index (χ3n) is 3.83. The average molecular weight is 391 g/mol. The molecular formula is C22H37F3O2. The molecule has 1 saturated carbocycles. The van der Waals surface area contributed by atoms with Crippen LogP contribution in [0.15, 0.2) is 24.8 Å². The van der Waals surface area contributed by atoms with Crippen LogP contribution in [0.3, 0.4) is 0 Å². The highest BCUT2D eigenvalue weighted by Crippen LogP contribution is 2.56. The number of halogens is 3. The summed E-state index contributed by atoms with van der Waals surface area (Å²) in [5.74, 6) is -0.682. The van der Waals surface area contributed by atoms with Crippen LogP contribution in [0, 0.1) is 19.8 Å². The van der Waals surface area contributed by atoms with E-state index in [2.05, 4.69) is 20.4 Å². The number of benzene rings is 1. The van der Waals surface area contributed by atoms with Crippen LogP contribution in [-0.2, 0) is 5.60 Å². The molecule has 1 aliphatic rings. The Kier molecular flexibility index (Phi) is 13.2. The summed E-state index contributed by atoms with van der Waals surface area (Å²) in [4.78, 5) is 0. The minimum absolute atomic E-state index is 0.0924. The fourth-order valence-electron chi connectivity index (χ4n) is 2.36. The number of rotatable bonds is 3. The van der Waals surface area contributed by atoms with Crippen LogP contribution < -0.4 is 4.74 Å². The van der Waals surface area contributed by atoms with Crippen molar-refractivity contribution < 1.29 is 23.0 Å². The highest BCUT2D eigenvalue weighted by Gasteiger charge is 2.63. The van der Waals surface area contributed by atoms with Gasteiger partial charge < -0.3 is 9.84 Å². The molecule has 2 rings (SSSR count). The Morgan fingerprint density at radius 2 is 1.52 bits per heavy atom. The lowest BCUT2D eigenvalue weighted by atomic mass is 9.85. The van der Waals surface area contributed by atoms with Gasteiger partial charge in [0.25, 0.3) is 0 Å². The van der Waals surface area contributed by atoms with Crippen molar-refractivity contribution in [2.24, 2.45) is 5.92 Å². The van der Waals surface area contributed by atoms with Gasteiger partial charge in [0, 0.05) is 11.5 Å². The number of hydrogen-bond donors (Lipinski definition) is 1. The number of methoxy groups -OCH3 is 1. The highest BCUT2D eigenvalue weighted by molar-refractivity contribution is 5.46. The van der Waals surface area contributed by atoms with Gasteiger partial charge in [-0.3, -0.25) is 0 Å². The molecule has 27 heavy (non-hydrogen) atoms. The lowest BCUT2D eigenvalue weighted by molar-refractivity contribution is -0.275. The van der Waals surface area contributed by atoms with Crippen molar-refractivity contribution in [2.45, 2.75) is 79.5 Å². The lowest BCUT2D eigenvalue weighted by Crippen LogP contribution is -2.44. The first-order chi connectivity index (χ1) is 12.5. The SMILES string of the molecule is C=CC.CC.CCC.COc1cc(C)c(C)cc1C(O)(C1CC1)C(F)(F)F. The average Bonchev–Trinajstić information content (AvgIpc) is 3.44.